The summed E-state index contributed by atoms with van der Waals surface area (Å²) in [4.78, 5) is 10.9. The quantitative estimate of drug-likeness (QED) is 0.751. The third-order valence-corrected chi connectivity index (χ3v) is 2.24. The van der Waals surface area contributed by atoms with Crippen molar-refractivity contribution in [2.24, 2.45) is 0 Å². The Balaban J connectivity index is 2.54. The monoisotopic (exact) mass is 212 g/mol. The van der Waals surface area contributed by atoms with E-state index in [1.54, 1.807) is 24.3 Å². The highest BCUT2D eigenvalue weighted by Crippen LogP contribution is 2.23. The molecule has 3 nitrogen and oxygen atoms in total. The average molecular weight is 212 g/mol. The van der Waals surface area contributed by atoms with E-state index in [9.17, 15) is 4.79 Å². The number of anilines is 1. The van der Waals surface area contributed by atoms with E-state index in [1.807, 2.05) is 12.1 Å². The first-order valence-electron chi connectivity index (χ1n) is 4.77. The number of benzene rings is 2. The minimum Gasteiger partial charge on any atom is -0.478 e. The smallest absolute Gasteiger partial charge is 0.335 e. The first-order chi connectivity index (χ1) is 7.66. The molecule has 3 N–H and O–H groups in total. The van der Waals surface area contributed by atoms with Crippen LogP contribution in [0.25, 0.3) is 11.1 Å². The van der Waals surface area contributed by atoms with Gasteiger partial charge in [-0.2, -0.15) is 0 Å². The van der Waals surface area contributed by atoms with Gasteiger partial charge in [0.15, 0.2) is 0 Å². The van der Waals surface area contributed by atoms with E-state index in [4.69, 9.17) is 10.8 Å². The Bertz CT molecular complexity index is 521. The van der Waals surface area contributed by atoms with Crippen molar-refractivity contribution in [2.75, 3.05) is 5.73 Å². The summed E-state index contributed by atoms with van der Waals surface area (Å²) in [7, 11) is 0. The lowest BCUT2D eigenvalue weighted by molar-refractivity contribution is 0.0697. The average Bonchev–Trinajstić information content (AvgIpc) is 2.29. The molecule has 0 heterocycles. The molecule has 0 aromatic heterocycles. The van der Waals surface area contributed by atoms with Crippen molar-refractivity contribution in [1.29, 1.82) is 0 Å². The van der Waals surface area contributed by atoms with Gasteiger partial charge in [0, 0.05) is 5.69 Å². The number of carboxylic acid groups (broad SMARTS) is 1. The van der Waals surface area contributed by atoms with E-state index in [-0.39, 0.29) is 5.56 Å². The van der Waals surface area contributed by atoms with Crippen molar-refractivity contribution in [3.63, 3.8) is 0 Å². The molecule has 2 aromatic rings. The maximum atomic E-state index is 10.9. The van der Waals surface area contributed by atoms with Crippen LogP contribution >= 0.6 is 0 Å². The molecule has 0 amide bonds. The van der Waals surface area contributed by atoms with E-state index in [1.165, 1.54) is 6.07 Å². The Hall–Kier alpha value is -2.29. The predicted molar refractivity (Wildman–Crippen MR) is 62.1 cm³/mol. The molecule has 0 spiro atoms. The van der Waals surface area contributed by atoms with Crippen LogP contribution in [0, 0.1) is 6.07 Å². The van der Waals surface area contributed by atoms with Crippen molar-refractivity contribution >= 4 is 11.7 Å². The fourth-order valence-electron chi connectivity index (χ4n) is 1.51. The lowest BCUT2D eigenvalue weighted by Gasteiger charge is -2.04. The first-order valence-corrected chi connectivity index (χ1v) is 4.77. The van der Waals surface area contributed by atoms with Gasteiger partial charge in [-0.15, -0.1) is 0 Å². The largest absolute Gasteiger partial charge is 0.478 e. The number of nitrogens with two attached hydrogens (primary N) is 1. The van der Waals surface area contributed by atoms with Crippen LogP contribution in [-0.4, -0.2) is 11.1 Å². The Morgan fingerprint density at radius 1 is 1.25 bits per heavy atom. The van der Waals surface area contributed by atoms with Crippen molar-refractivity contribution in [1.82, 2.24) is 0 Å². The normalized spacial score (nSPS) is 10.0. The molecule has 0 atom stereocenters. The minimum absolute atomic E-state index is 0.193. The first kappa shape index (κ1) is 10.2. The van der Waals surface area contributed by atoms with Gasteiger partial charge in [-0.1, -0.05) is 18.2 Å². The molecule has 0 aliphatic carbocycles. The van der Waals surface area contributed by atoms with Crippen LogP contribution in [0.4, 0.5) is 5.69 Å². The molecule has 0 saturated carbocycles. The van der Waals surface area contributed by atoms with Crippen molar-refractivity contribution in [2.45, 2.75) is 0 Å². The summed E-state index contributed by atoms with van der Waals surface area (Å²) in [6.45, 7) is 0. The standard InChI is InChI=1S/C13H10NO2/c14-12-7-10(6-11(8-12)13(15)16)9-4-2-1-3-5-9/h1-2,4-8H,14H2,(H,15,16). The zero-order chi connectivity index (χ0) is 11.5. The van der Waals surface area contributed by atoms with Crippen LogP contribution in [0.5, 0.6) is 0 Å². The molecular weight excluding hydrogens is 202 g/mol. The van der Waals surface area contributed by atoms with Crippen LogP contribution in [0.2, 0.25) is 0 Å². The SMILES string of the molecule is Nc1cc(C(=O)O)cc(-c2c[c]ccc2)c1. The highest BCUT2D eigenvalue weighted by molar-refractivity contribution is 5.91. The molecule has 0 fully saturated rings. The van der Waals surface area contributed by atoms with Gasteiger partial charge in [0.25, 0.3) is 0 Å². The maximum absolute atomic E-state index is 10.9. The summed E-state index contributed by atoms with van der Waals surface area (Å²) >= 11 is 0. The number of hydrogen-bond donors (Lipinski definition) is 2. The summed E-state index contributed by atoms with van der Waals surface area (Å²) in [6, 6.07) is 15.0. The van der Waals surface area contributed by atoms with Gasteiger partial charge in [0.05, 0.1) is 5.56 Å². The lowest BCUT2D eigenvalue weighted by atomic mass is 10.0. The van der Waals surface area contributed by atoms with Crippen LogP contribution < -0.4 is 5.73 Å². The van der Waals surface area contributed by atoms with Gasteiger partial charge >= 0.3 is 5.97 Å². The highest BCUT2D eigenvalue weighted by atomic mass is 16.4. The van der Waals surface area contributed by atoms with E-state index in [0.717, 1.165) is 11.1 Å². The topological polar surface area (TPSA) is 63.3 Å². The molecular formula is C13H10NO2. The van der Waals surface area contributed by atoms with Crippen LogP contribution in [0.3, 0.4) is 0 Å². The molecule has 0 aliphatic rings. The van der Waals surface area contributed by atoms with E-state index < -0.39 is 5.97 Å². The number of carbonyl (C=O) groups is 1. The molecule has 0 bridgehead atoms. The summed E-state index contributed by atoms with van der Waals surface area (Å²) < 4.78 is 0. The van der Waals surface area contributed by atoms with Gasteiger partial charge in [0.1, 0.15) is 0 Å². The van der Waals surface area contributed by atoms with Crippen LogP contribution in [-0.2, 0) is 0 Å². The van der Waals surface area contributed by atoms with Gasteiger partial charge in [-0.25, -0.2) is 4.79 Å². The van der Waals surface area contributed by atoms with E-state index in [2.05, 4.69) is 6.07 Å². The predicted octanol–water partition coefficient (Wildman–Crippen LogP) is 2.43. The third-order valence-electron chi connectivity index (χ3n) is 2.24. The molecule has 0 aliphatic heterocycles. The number of nitrogen functional groups attached to an aromatic ring is 1. The van der Waals surface area contributed by atoms with Crippen molar-refractivity contribution < 1.29 is 9.90 Å². The molecule has 1 radical (unpaired) electrons. The fraction of sp³-hybridized carbons (Fsp3) is 0. The summed E-state index contributed by atoms with van der Waals surface area (Å²) in [5.41, 5.74) is 7.98. The molecule has 79 valence electrons. The third kappa shape index (κ3) is 2.03. The Kier molecular flexibility index (Phi) is 2.60. The maximum Gasteiger partial charge on any atom is 0.335 e. The molecule has 2 rings (SSSR count). The Labute approximate surface area is 93.1 Å². The molecule has 0 saturated heterocycles. The lowest BCUT2D eigenvalue weighted by Crippen LogP contribution is -1.98. The van der Waals surface area contributed by atoms with Gasteiger partial charge < -0.3 is 10.8 Å². The molecule has 0 unspecified atom stereocenters. The van der Waals surface area contributed by atoms with Gasteiger partial charge in [-0.05, 0) is 41.5 Å². The number of carboxylic acids is 1. The zero-order valence-corrected chi connectivity index (χ0v) is 8.47. The van der Waals surface area contributed by atoms with E-state index >= 15 is 0 Å². The molecule has 16 heavy (non-hydrogen) atoms. The minimum atomic E-state index is -0.978. The van der Waals surface area contributed by atoms with Crippen LogP contribution in [0.15, 0.2) is 42.5 Å². The van der Waals surface area contributed by atoms with Gasteiger partial charge in [-0.3, -0.25) is 0 Å². The number of aromatic carboxylic acids is 1. The van der Waals surface area contributed by atoms with Crippen molar-refractivity contribution in [3.8, 4) is 11.1 Å². The number of rotatable bonds is 2. The second kappa shape index (κ2) is 4.06. The Morgan fingerprint density at radius 3 is 2.69 bits per heavy atom. The summed E-state index contributed by atoms with van der Waals surface area (Å²) in [6.07, 6.45) is 0. The molecule has 2 aromatic carbocycles. The van der Waals surface area contributed by atoms with Crippen molar-refractivity contribution in [3.05, 3.63) is 54.1 Å². The number of hydrogen-bond acceptors (Lipinski definition) is 2. The summed E-state index contributed by atoms with van der Waals surface area (Å²) in [5.74, 6) is -0.978. The second-order valence-corrected chi connectivity index (χ2v) is 3.44. The second-order valence-electron chi connectivity index (χ2n) is 3.44. The Morgan fingerprint density at radius 2 is 2.06 bits per heavy atom. The van der Waals surface area contributed by atoms with Gasteiger partial charge in [0.2, 0.25) is 0 Å². The molecule has 3 heteroatoms. The fourth-order valence-corrected chi connectivity index (χ4v) is 1.51. The van der Waals surface area contributed by atoms with Crippen LogP contribution in [0.1, 0.15) is 10.4 Å². The zero-order valence-electron chi connectivity index (χ0n) is 8.47. The van der Waals surface area contributed by atoms with E-state index in [0.29, 0.717) is 5.69 Å². The summed E-state index contributed by atoms with van der Waals surface area (Å²) in [5, 5.41) is 8.92. The highest BCUT2D eigenvalue weighted by Gasteiger charge is 2.06.